The fraction of sp³-hybridized carbons (Fsp3) is 0.817. The van der Waals surface area contributed by atoms with Crippen LogP contribution in [0.2, 0.25) is 0 Å². The summed E-state index contributed by atoms with van der Waals surface area (Å²) in [6.07, 6.45) is 55.1. The van der Waals surface area contributed by atoms with Gasteiger partial charge in [-0.3, -0.25) is 4.79 Å². The maximum atomic E-state index is 13.5. The summed E-state index contributed by atoms with van der Waals surface area (Å²) in [6, 6.07) is -0.895. The van der Waals surface area contributed by atoms with E-state index in [4.69, 9.17) is 28.4 Å². The number of carbonyl (C=O) groups is 1. The zero-order valence-corrected chi connectivity index (χ0v) is 62.6. The van der Waals surface area contributed by atoms with Crippen LogP contribution in [0.4, 0.5) is 0 Å². The largest absolute Gasteiger partial charge is 0.394 e. The van der Waals surface area contributed by atoms with Crippen molar-refractivity contribution in [3.8, 4) is 0 Å². The van der Waals surface area contributed by atoms with Crippen LogP contribution in [0.15, 0.2) is 85.1 Å². The molecule has 0 saturated carbocycles. The number of hydrogen-bond donors (Lipinski definition) is 12. The highest BCUT2D eigenvalue weighted by atomic mass is 16.8. The molecule has 3 saturated heterocycles. The number of aliphatic hydroxyl groups excluding tert-OH is 11. The van der Waals surface area contributed by atoms with Gasteiger partial charge in [-0.15, -0.1) is 0 Å². The van der Waals surface area contributed by atoms with Gasteiger partial charge in [0.2, 0.25) is 5.91 Å². The molecule has 586 valence electrons. The highest BCUT2D eigenvalue weighted by molar-refractivity contribution is 5.76. The maximum Gasteiger partial charge on any atom is 0.220 e. The second kappa shape index (κ2) is 62.1. The van der Waals surface area contributed by atoms with Gasteiger partial charge in [-0.1, -0.05) is 304 Å². The first kappa shape index (κ1) is 92.2. The van der Waals surface area contributed by atoms with Crippen LogP contribution < -0.4 is 5.32 Å². The molecule has 3 heterocycles. The van der Waals surface area contributed by atoms with E-state index in [0.717, 1.165) is 96.3 Å². The molecule has 3 fully saturated rings. The third-order valence-corrected chi connectivity index (χ3v) is 19.7. The third-order valence-electron chi connectivity index (χ3n) is 19.7. The minimum absolute atomic E-state index is 0.246. The van der Waals surface area contributed by atoms with Crippen molar-refractivity contribution < 1.29 is 89.4 Å². The minimum Gasteiger partial charge on any atom is -0.394 e. The van der Waals surface area contributed by atoms with Gasteiger partial charge in [0.25, 0.3) is 0 Å². The van der Waals surface area contributed by atoms with Crippen molar-refractivity contribution in [2.75, 3.05) is 26.4 Å². The Morgan fingerprint density at radius 2 is 0.683 bits per heavy atom. The molecular weight excluding hydrogens is 1290 g/mol. The smallest absolute Gasteiger partial charge is 0.220 e. The summed E-state index contributed by atoms with van der Waals surface area (Å²) in [4.78, 5) is 13.5. The summed E-state index contributed by atoms with van der Waals surface area (Å²) in [6.45, 7) is 1.71. The van der Waals surface area contributed by atoms with Crippen LogP contribution in [0, 0.1) is 0 Å². The van der Waals surface area contributed by atoms with E-state index >= 15 is 0 Å². The van der Waals surface area contributed by atoms with Crippen LogP contribution in [-0.2, 0) is 33.2 Å². The Labute approximate surface area is 610 Å². The van der Waals surface area contributed by atoms with E-state index in [2.05, 4.69) is 104 Å². The van der Waals surface area contributed by atoms with Crippen LogP contribution in [0.25, 0.3) is 0 Å². The molecule has 0 radical (unpaired) electrons. The molecule has 17 atom stereocenters. The number of hydrogen-bond acceptors (Lipinski definition) is 18. The van der Waals surface area contributed by atoms with Gasteiger partial charge >= 0.3 is 0 Å². The van der Waals surface area contributed by atoms with E-state index in [0.29, 0.717) is 12.8 Å². The predicted molar refractivity (Wildman–Crippen MR) is 401 cm³/mol. The Balaban J connectivity index is 1.37. The topological polar surface area (TPSA) is 307 Å². The SMILES string of the molecule is CC/C=C\C/C=C\C/C=C\C/C=C\C/C=C\C/C=C\C/C=C\CCCCCCCCCCCCCC(=O)NC(COC1OC(CO)C(OC2OC(CO)C(OC3OC(CO)C(O)C(O)C3O)C(O)C2O)C(O)C1O)C(O)CCCCCCCCCCCCCCCCCCCCCCCCC. The van der Waals surface area contributed by atoms with Crippen molar-refractivity contribution in [3.05, 3.63) is 85.1 Å². The van der Waals surface area contributed by atoms with E-state index in [-0.39, 0.29) is 18.9 Å². The quantitative estimate of drug-likeness (QED) is 0.0199. The van der Waals surface area contributed by atoms with Crippen LogP contribution in [0.1, 0.15) is 296 Å². The zero-order chi connectivity index (χ0) is 73.2. The number of amides is 1. The number of nitrogens with one attached hydrogen (secondary N) is 1. The Morgan fingerprint density at radius 1 is 0.366 bits per heavy atom. The highest BCUT2D eigenvalue weighted by Crippen LogP contribution is 2.33. The molecule has 19 nitrogen and oxygen atoms in total. The first-order chi connectivity index (χ1) is 49.3. The molecule has 1 amide bonds. The first-order valence-electron chi connectivity index (χ1n) is 40.3. The van der Waals surface area contributed by atoms with Gasteiger partial charge in [-0.2, -0.15) is 0 Å². The average Bonchev–Trinajstić information content (AvgIpc) is 0.783. The normalized spacial score (nSPS) is 26.8. The van der Waals surface area contributed by atoms with Crippen molar-refractivity contribution in [2.24, 2.45) is 0 Å². The predicted octanol–water partition coefficient (Wildman–Crippen LogP) is 13.4. The van der Waals surface area contributed by atoms with Gasteiger partial charge in [0.15, 0.2) is 18.9 Å². The lowest BCUT2D eigenvalue weighted by atomic mass is 9.96. The molecule has 19 heteroatoms. The van der Waals surface area contributed by atoms with Crippen LogP contribution in [0.5, 0.6) is 0 Å². The van der Waals surface area contributed by atoms with Crippen LogP contribution in [0.3, 0.4) is 0 Å². The molecule has 0 aromatic rings. The lowest BCUT2D eigenvalue weighted by Crippen LogP contribution is -2.66. The van der Waals surface area contributed by atoms with E-state index in [1.165, 1.54) is 167 Å². The number of aliphatic hydroxyl groups is 11. The Kier molecular flexibility index (Phi) is 56.6. The molecule has 12 N–H and O–H groups in total. The monoisotopic (exact) mass is 1430 g/mol. The number of carbonyl (C=O) groups excluding carboxylic acids is 1. The summed E-state index contributed by atoms with van der Waals surface area (Å²) < 4.78 is 34.5. The van der Waals surface area contributed by atoms with Crippen molar-refractivity contribution >= 4 is 5.91 Å². The van der Waals surface area contributed by atoms with E-state index in [1.807, 2.05) is 0 Å². The lowest BCUT2D eigenvalue weighted by molar-refractivity contribution is -0.379. The summed E-state index contributed by atoms with van der Waals surface area (Å²) in [7, 11) is 0. The summed E-state index contributed by atoms with van der Waals surface area (Å²) >= 11 is 0. The summed E-state index contributed by atoms with van der Waals surface area (Å²) in [5.41, 5.74) is 0. The van der Waals surface area contributed by atoms with Crippen molar-refractivity contribution in [2.45, 2.75) is 401 Å². The number of unbranched alkanes of at least 4 members (excludes halogenated alkanes) is 33. The fourth-order valence-electron chi connectivity index (χ4n) is 13.3. The molecule has 0 aromatic heterocycles. The molecule has 3 rings (SSSR count). The molecule has 17 unspecified atom stereocenters. The molecule has 0 bridgehead atoms. The molecule has 0 aliphatic carbocycles. The molecule has 0 aromatic carbocycles. The average molecular weight is 1430 g/mol. The van der Waals surface area contributed by atoms with E-state index in [9.17, 15) is 61.0 Å². The number of ether oxygens (including phenoxy) is 6. The first-order valence-corrected chi connectivity index (χ1v) is 40.3. The van der Waals surface area contributed by atoms with Gasteiger partial charge in [-0.25, -0.2) is 0 Å². The maximum absolute atomic E-state index is 13.5. The highest BCUT2D eigenvalue weighted by Gasteiger charge is 2.54. The molecule has 3 aliphatic heterocycles. The van der Waals surface area contributed by atoms with Crippen molar-refractivity contribution in [3.63, 3.8) is 0 Å². The third kappa shape index (κ3) is 42.2. The molecular formula is C82H145NO18. The van der Waals surface area contributed by atoms with Gasteiger partial charge in [0, 0.05) is 6.42 Å². The lowest BCUT2D eigenvalue weighted by Gasteiger charge is -2.48. The second-order valence-corrected chi connectivity index (χ2v) is 28.5. The van der Waals surface area contributed by atoms with Crippen LogP contribution >= 0.6 is 0 Å². The van der Waals surface area contributed by atoms with Crippen molar-refractivity contribution in [1.29, 1.82) is 0 Å². The van der Waals surface area contributed by atoms with E-state index in [1.54, 1.807) is 0 Å². The Morgan fingerprint density at radius 3 is 1.07 bits per heavy atom. The van der Waals surface area contributed by atoms with Gasteiger partial charge in [0.05, 0.1) is 38.6 Å². The number of rotatable bonds is 63. The van der Waals surface area contributed by atoms with Gasteiger partial charge < -0.3 is 89.9 Å². The molecule has 101 heavy (non-hydrogen) atoms. The van der Waals surface area contributed by atoms with E-state index < -0.39 is 124 Å². The van der Waals surface area contributed by atoms with Crippen LogP contribution in [-0.4, -0.2) is 193 Å². The standard InChI is InChI=1S/C82H145NO18/c1-3-5-7-9-11-13-15-17-19-21-23-25-27-28-29-30-31-32-33-34-35-36-38-40-42-44-46-48-50-52-54-56-58-60-70(88)83-65(66(87)59-57-55-53-51-49-47-45-43-41-39-37-26-24-22-20-18-16-14-12-10-8-6-4-2)64-96-80-76(94)73(91)78(68(62-85)98-80)101-82-77(95)74(92)79(69(63-86)99-82)100-81-75(93)72(90)71(89)67(61-84)97-81/h5,7,11,13,17,19,23,25,28-29,31-32,34-35,65-69,71-82,84-87,89-95H,3-4,6,8-10,12,14-16,18,20-22,24,26-27,30,33,36-64H2,1-2H3,(H,83,88)/b7-5-,13-11-,19-17-,25-23-,29-28-,32-31-,35-34-. The Hall–Kier alpha value is -3.03. The summed E-state index contributed by atoms with van der Waals surface area (Å²) in [5.74, 6) is -0.246. The Bertz CT molecular complexity index is 2150. The fourth-order valence-corrected chi connectivity index (χ4v) is 13.3. The molecule has 3 aliphatic rings. The zero-order valence-electron chi connectivity index (χ0n) is 62.6. The van der Waals surface area contributed by atoms with Crippen molar-refractivity contribution in [1.82, 2.24) is 5.32 Å². The minimum atomic E-state index is -1.98. The molecule has 0 spiro atoms. The van der Waals surface area contributed by atoms with Gasteiger partial charge in [0.1, 0.15) is 73.2 Å². The van der Waals surface area contributed by atoms with Gasteiger partial charge in [-0.05, 0) is 70.6 Å². The summed E-state index contributed by atoms with van der Waals surface area (Å²) in [5, 5.41) is 121. The second-order valence-electron chi connectivity index (χ2n) is 28.5. The number of allylic oxidation sites excluding steroid dienone is 14.